The van der Waals surface area contributed by atoms with Crippen LogP contribution in [0.3, 0.4) is 0 Å². The molecule has 0 amide bonds. The molecule has 0 atom stereocenters. The van der Waals surface area contributed by atoms with Crippen LogP contribution in [0.4, 0.5) is 18.9 Å². The molecule has 0 unspecified atom stereocenters. The summed E-state index contributed by atoms with van der Waals surface area (Å²) in [5.41, 5.74) is -0.0839. The van der Waals surface area contributed by atoms with Crippen molar-refractivity contribution in [2.75, 3.05) is 4.72 Å². The summed E-state index contributed by atoms with van der Waals surface area (Å²) in [7, 11) is -4.19. The van der Waals surface area contributed by atoms with Crippen LogP contribution in [0.2, 0.25) is 0 Å². The Labute approximate surface area is 176 Å². The lowest BCUT2D eigenvalue weighted by Crippen LogP contribution is -2.14. The topological polar surface area (TPSA) is 68.3 Å². The molecule has 1 aromatic heterocycles. The van der Waals surface area contributed by atoms with Crippen molar-refractivity contribution in [2.24, 2.45) is 0 Å². The van der Waals surface area contributed by atoms with Crippen LogP contribution in [0.5, 0.6) is 11.5 Å². The fourth-order valence-electron chi connectivity index (χ4n) is 2.89. The second kappa shape index (κ2) is 7.92. The van der Waals surface area contributed by atoms with E-state index in [0.29, 0.717) is 17.6 Å². The highest BCUT2D eigenvalue weighted by Crippen LogP contribution is 2.31. The van der Waals surface area contributed by atoms with Gasteiger partial charge < -0.3 is 4.74 Å². The molecule has 4 rings (SSSR count). The van der Waals surface area contributed by atoms with Gasteiger partial charge in [-0.3, -0.25) is 9.71 Å². The number of hydrogen-bond donors (Lipinski definition) is 1. The summed E-state index contributed by atoms with van der Waals surface area (Å²) in [4.78, 5) is 3.78. The maximum Gasteiger partial charge on any atom is 0.416 e. The van der Waals surface area contributed by atoms with Crippen LogP contribution in [0.1, 0.15) is 5.56 Å². The molecule has 0 radical (unpaired) electrons. The maximum atomic E-state index is 12.9. The number of nitrogens with zero attached hydrogens (tertiary/aromatic N) is 1. The van der Waals surface area contributed by atoms with Gasteiger partial charge in [-0.15, -0.1) is 0 Å². The minimum atomic E-state index is -4.64. The zero-order chi connectivity index (χ0) is 22.1. The average Bonchev–Trinajstić information content (AvgIpc) is 2.74. The molecule has 0 aliphatic carbocycles. The number of pyridine rings is 1. The second-order valence-electron chi connectivity index (χ2n) is 6.62. The van der Waals surface area contributed by atoms with E-state index in [1.807, 2.05) is 18.2 Å². The van der Waals surface area contributed by atoms with Gasteiger partial charge in [-0.05, 0) is 60.7 Å². The smallest absolute Gasteiger partial charge is 0.416 e. The third-order valence-corrected chi connectivity index (χ3v) is 5.77. The first-order chi connectivity index (χ1) is 14.7. The molecule has 0 aliphatic heterocycles. The molecule has 0 spiro atoms. The van der Waals surface area contributed by atoms with Gasteiger partial charge in [-0.2, -0.15) is 13.2 Å². The van der Waals surface area contributed by atoms with E-state index in [0.717, 1.165) is 29.1 Å². The Balaban J connectivity index is 1.50. The van der Waals surface area contributed by atoms with Gasteiger partial charge in [0.15, 0.2) is 0 Å². The number of aromatic nitrogens is 1. The molecule has 1 N–H and O–H groups in total. The summed E-state index contributed by atoms with van der Waals surface area (Å²) in [6.45, 7) is 0. The van der Waals surface area contributed by atoms with Gasteiger partial charge in [0.2, 0.25) is 0 Å². The van der Waals surface area contributed by atoms with Crippen LogP contribution in [0.25, 0.3) is 10.9 Å². The molecule has 3 aromatic carbocycles. The van der Waals surface area contributed by atoms with E-state index in [-0.39, 0.29) is 5.69 Å². The quantitative estimate of drug-likeness (QED) is 0.420. The lowest BCUT2D eigenvalue weighted by atomic mass is 10.2. The lowest BCUT2D eigenvalue weighted by Gasteiger charge is -2.12. The van der Waals surface area contributed by atoms with Crippen molar-refractivity contribution in [3.63, 3.8) is 0 Å². The molecule has 0 bridgehead atoms. The van der Waals surface area contributed by atoms with Crippen molar-refractivity contribution < 1.29 is 26.3 Å². The van der Waals surface area contributed by atoms with Gasteiger partial charge in [0.05, 0.1) is 16.0 Å². The van der Waals surface area contributed by atoms with Crippen LogP contribution in [-0.2, 0) is 16.2 Å². The number of benzene rings is 3. The Morgan fingerprint density at radius 3 is 2.32 bits per heavy atom. The van der Waals surface area contributed by atoms with Crippen molar-refractivity contribution in [1.29, 1.82) is 0 Å². The van der Waals surface area contributed by atoms with Crippen LogP contribution >= 0.6 is 0 Å². The normalized spacial score (nSPS) is 12.0. The number of fused-ring (bicyclic) bond motifs is 1. The first kappa shape index (κ1) is 20.7. The highest BCUT2D eigenvalue weighted by Gasteiger charge is 2.31. The number of alkyl halides is 3. The molecule has 31 heavy (non-hydrogen) atoms. The summed E-state index contributed by atoms with van der Waals surface area (Å²) < 4.78 is 71.5. The van der Waals surface area contributed by atoms with Crippen LogP contribution in [-0.4, -0.2) is 13.4 Å². The molecule has 0 saturated carbocycles. The minimum Gasteiger partial charge on any atom is -0.457 e. The van der Waals surface area contributed by atoms with E-state index in [2.05, 4.69) is 9.71 Å². The summed E-state index contributed by atoms with van der Waals surface area (Å²) >= 11 is 0. The predicted octanol–water partition coefficient (Wildman–Crippen LogP) is 5.85. The summed E-state index contributed by atoms with van der Waals surface area (Å²) in [5, 5.41) is 0.967. The number of halogens is 3. The van der Waals surface area contributed by atoms with Crippen LogP contribution in [0.15, 0.2) is 90.0 Å². The first-order valence-electron chi connectivity index (χ1n) is 9.03. The number of sulfonamides is 1. The zero-order valence-corrected chi connectivity index (χ0v) is 16.6. The Bertz CT molecular complexity index is 1340. The number of ether oxygens (including phenoxy) is 1. The third kappa shape index (κ3) is 4.77. The summed E-state index contributed by atoms with van der Waals surface area (Å²) in [6.07, 6.45) is -2.96. The van der Waals surface area contributed by atoms with Crippen LogP contribution < -0.4 is 9.46 Å². The highest BCUT2D eigenvalue weighted by molar-refractivity contribution is 7.92. The number of anilines is 1. The maximum absolute atomic E-state index is 12.9. The summed E-state index contributed by atoms with van der Waals surface area (Å²) in [6, 6.07) is 18.8. The van der Waals surface area contributed by atoms with Crippen molar-refractivity contribution in [2.45, 2.75) is 11.1 Å². The third-order valence-electron chi connectivity index (χ3n) is 4.39. The molecule has 0 aliphatic rings. The van der Waals surface area contributed by atoms with Gasteiger partial charge >= 0.3 is 6.18 Å². The van der Waals surface area contributed by atoms with Gasteiger partial charge in [-0.1, -0.05) is 12.1 Å². The van der Waals surface area contributed by atoms with E-state index in [9.17, 15) is 21.6 Å². The van der Waals surface area contributed by atoms with Gasteiger partial charge in [0.1, 0.15) is 11.5 Å². The number of hydrogen-bond acceptors (Lipinski definition) is 4. The van der Waals surface area contributed by atoms with Gasteiger partial charge in [0, 0.05) is 23.3 Å². The predicted molar refractivity (Wildman–Crippen MR) is 111 cm³/mol. The molecular weight excluding hydrogens is 429 g/mol. The first-order valence-corrected chi connectivity index (χ1v) is 10.5. The largest absolute Gasteiger partial charge is 0.457 e. The van der Waals surface area contributed by atoms with Crippen molar-refractivity contribution in [3.8, 4) is 11.5 Å². The zero-order valence-electron chi connectivity index (χ0n) is 15.8. The fraction of sp³-hybridized carbons (Fsp3) is 0.0455. The van der Waals surface area contributed by atoms with Gasteiger partial charge in [0.25, 0.3) is 10.0 Å². The SMILES string of the molecule is O=S(=O)(Nc1ccc(Oc2ccc3cccnc3c2)cc1)c1cccc(C(F)(F)F)c1. The molecular formula is C22H15F3N2O3S. The van der Waals surface area contributed by atoms with E-state index in [1.54, 1.807) is 30.5 Å². The second-order valence-corrected chi connectivity index (χ2v) is 8.30. The molecule has 1 heterocycles. The average molecular weight is 444 g/mol. The molecule has 5 nitrogen and oxygen atoms in total. The molecule has 9 heteroatoms. The monoisotopic (exact) mass is 444 g/mol. The standard InChI is InChI=1S/C22H15F3N2O3S/c23-22(24,25)16-4-1-5-20(13-16)31(28,29)27-17-7-10-18(11-8-17)30-19-9-6-15-3-2-12-26-21(15)14-19/h1-14,27H. The van der Waals surface area contributed by atoms with Crippen molar-refractivity contribution in [3.05, 3.63) is 90.6 Å². The molecule has 0 saturated heterocycles. The summed E-state index contributed by atoms with van der Waals surface area (Å²) in [5.74, 6) is 1.01. The number of rotatable bonds is 5. The minimum absolute atomic E-state index is 0.185. The lowest BCUT2D eigenvalue weighted by molar-refractivity contribution is -0.137. The van der Waals surface area contributed by atoms with E-state index in [1.165, 1.54) is 12.1 Å². The molecule has 0 fully saturated rings. The molecule has 158 valence electrons. The fourth-order valence-corrected chi connectivity index (χ4v) is 3.99. The Morgan fingerprint density at radius 1 is 0.839 bits per heavy atom. The van der Waals surface area contributed by atoms with E-state index in [4.69, 9.17) is 4.74 Å². The van der Waals surface area contributed by atoms with Crippen molar-refractivity contribution in [1.82, 2.24) is 4.98 Å². The Morgan fingerprint density at radius 2 is 1.58 bits per heavy atom. The van der Waals surface area contributed by atoms with Crippen molar-refractivity contribution >= 4 is 26.6 Å². The Kier molecular flexibility index (Phi) is 5.28. The van der Waals surface area contributed by atoms with Crippen LogP contribution in [0, 0.1) is 0 Å². The van der Waals surface area contributed by atoms with E-state index < -0.39 is 26.7 Å². The van der Waals surface area contributed by atoms with E-state index >= 15 is 0 Å². The molecule has 4 aromatic rings. The highest BCUT2D eigenvalue weighted by atomic mass is 32.2. The Hall–Kier alpha value is -3.59. The van der Waals surface area contributed by atoms with Gasteiger partial charge in [-0.25, -0.2) is 8.42 Å². The number of nitrogens with one attached hydrogen (secondary N) is 1.